The molecule has 2 rings (SSSR count). The van der Waals surface area contributed by atoms with Crippen LogP contribution in [-0.4, -0.2) is 30.1 Å². The summed E-state index contributed by atoms with van der Waals surface area (Å²) in [6, 6.07) is 10.1. The van der Waals surface area contributed by atoms with Crippen LogP contribution >= 0.6 is 11.6 Å². The van der Waals surface area contributed by atoms with Crippen LogP contribution in [0.15, 0.2) is 24.3 Å². The van der Waals surface area contributed by atoms with Crippen LogP contribution in [0.1, 0.15) is 26.7 Å². The molecule has 1 aromatic rings. The summed E-state index contributed by atoms with van der Waals surface area (Å²) in [7, 11) is 0. The minimum absolute atomic E-state index is 0.460. The Labute approximate surface area is 126 Å². The van der Waals surface area contributed by atoms with Gasteiger partial charge in [-0.3, -0.25) is 0 Å². The fraction of sp³-hybridized carbons (Fsp3) is 0.562. The highest BCUT2D eigenvalue weighted by atomic mass is 35.5. The maximum atomic E-state index is 9.58. The molecule has 1 aromatic carbocycles. The van der Waals surface area contributed by atoms with Crippen molar-refractivity contribution in [3.63, 3.8) is 0 Å². The molecule has 1 N–H and O–H groups in total. The SMILES string of the molecule is CC(C)CN1CCC(C#N)(Nc2cccc(Cl)c2)CC1. The monoisotopic (exact) mass is 291 g/mol. The quantitative estimate of drug-likeness (QED) is 0.918. The molecule has 0 saturated carbocycles. The Bertz CT molecular complexity index is 485. The Balaban J connectivity index is 2.00. The zero-order chi connectivity index (χ0) is 14.6. The highest BCUT2D eigenvalue weighted by molar-refractivity contribution is 6.30. The average molecular weight is 292 g/mol. The maximum absolute atomic E-state index is 9.58. The van der Waals surface area contributed by atoms with Gasteiger partial charge in [0.1, 0.15) is 5.54 Å². The molecule has 1 aliphatic heterocycles. The van der Waals surface area contributed by atoms with Gasteiger partial charge >= 0.3 is 0 Å². The lowest BCUT2D eigenvalue weighted by atomic mass is 9.88. The Kier molecular flexibility index (Phi) is 4.91. The maximum Gasteiger partial charge on any atom is 0.127 e. The Hall–Kier alpha value is -1.24. The third-order valence-electron chi connectivity index (χ3n) is 3.76. The summed E-state index contributed by atoms with van der Waals surface area (Å²) in [6.07, 6.45) is 1.70. The lowest BCUT2D eigenvalue weighted by Gasteiger charge is -2.39. The van der Waals surface area contributed by atoms with Gasteiger partial charge in [0.15, 0.2) is 0 Å². The molecular formula is C16H22ClN3. The molecule has 0 aliphatic carbocycles. The first kappa shape index (κ1) is 15.2. The molecule has 0 atom stereocenters. The predicted octanol–water partition coefficient (Wildman–Crippen LogP) is 3.77. The normalized spacial score (nSPS) is 18.8. The third-order valence-corrected chi connectivity index (χ3v) is 3.99. The van der Waals surface area contributed by atoms with Crippen LogP contribution in [0.25, 0.3) is 0 Å². The van der Waals surface area contributed by atoms with Crippen molar-refractivity contribution in [1.82, 2.24) is 4.90 Å². The number of nitrogens with one attached hydrogen (secondary N) is 1. The van der Waals surface area contributed by atoms with E-state index in [2.05, 4.69) is 30.1 Å². The molecule has 0 aromatic heterocycles. The molecule has 0 amide bonds. The fourth-order valence-corrected chi connectivity index (χ4v) is 2.93. The van der Waals surface area contributed by atoms with Crippen molar-refractivity contribution < 1.29 is 0 Å². The van der Waals surface area contributed by atoms with Crippen LogP contribution < -0.4 is 5.32 Å². The molecule has 20 heavy (non-hydrogen) atoms. The molecule has 4 heteroatoms. The van der Waals surface area contributed by atoms with Crippen molar-refractivity contribution in [3.05, 3.63) is 29.3 Å². The third kappa shape index (κ3) is 3.88. The highest BCUT2D eigenvalue weighted by Gasteiger charge is 2.34. The van der Waals surface area contributed by atoms with Gasteiger partial charge in [-0.1, -0.05) is 31.5 Å². The van der Waals surface area contributed by atoms with Crippen molar-refractivity contribution in [2.75, 3.05) is 25.0 Å². The van der Waals surface area contributed by atoms with E-state index in [0.717, 1.165) is 38.2 Å². The van der Waals surface area contributed by atoms with Crippen LogP contribution in [0, 0.1) is 17.2 Å². The van der Waals surface area contributed by atoms with E-state index < -0.39 is 5.54 Å². The van der Waals surface area contributed by atoms with Crippen LogP contribution in [0.5, 0.6) is 0 Å². The molecule has 1 aliphatic rings. The number of likely N-dealkylation sites (tertiary alicyclic amines) is 1. The van der Waals surface area contributed by atoms with Crippen molar-refractivity contribution in [2.45, 2.75) is 32.2 Å². The lowest BCUT2D eigenvalue weighted by Crippen LogP contribution is -2.49. The first-order valence-electron chi connectivity index (χ1n) is 7.20. The molecule has 1 saturated heterocycles. The van der Waals surface area contributed by atoms with Crippen LogP contribution in [0.3, 0.4) is 0 Å². The van der Waals surface area contributed by atoms with E-state index in [4.69, 9.17) is 11.6 Å². The molecule has 0 bridgehead atoms. The van der Waals surface area contributed by atoms with Crippen LogP contribution in [0.2, 0.25) is 5.02 Å². The summed E-state index contributed by atoms with van der Waals surface area (Å²) in [6.45, 7) is 7.52. The second kappa shape index (κ2) is 6.47. The number of benzene rings is 1. The number of rotatable bonds is 4. The summed E-state index contributed by atoms with van der Waals surface area (Å²) in [5, 5.41) is 13.7. The van der Waals surface area contributed by atoms with E-state index in [0.29, 0.717) is 10.9 Å². The number of nitrogens with zero attached hydrogens (tertiary/aromatic N) is 2. The molecule has 0 radical (unpaired) electrons. The summed E-state index contributed by atoms with van der Waals surface area (Å²) in [5.41, 5.74) is 0.467. The first-order chi connectivity index (χ1) is 9.53. The number of anilines is 1. The van der Waals surface area contributed by atoms with Gasteiger partial charge in [-0.25, -0.2) is 0 Å². The Morgan fingerprint density at radius 3 is 2.65 bits per heavy atom. The van der Waals surface area contributed by atoms with Crippen molar-refractivity contribution >= 4 is 17.3 Å². The molecular weight excluding hydrogens is 270 g/mol. The molecule has 1 fully saturated rings. The lowest BCUT2D eigenvalue weighted by molar-refractivity contribution is 0.179. The van der Waals surface area contributed by atoms with E-state index in [9.17, 15) is 5.26 Å². The molecule has 3 nitrogen and oxygen atoms in total. The van der Waals surface area contributed by atoms with Crippen molar-refractivity contribution in [2.24, 2.45) is 5.92 Å². The topological polar surface area (TPSA) is 39.1 Å². The number of nitriles is 1. The summed E-state index contributed by atoms with van der Waals surface area (Å²) < 4.78 is 0. The van der Waals surface area contributed by atoms with E-state index in [-0.39, 0.29) is 0 Å². The number of hydrogen-bond acceptors (Lipinski definition) is 3. The van der Waals surface area contributed by atoms with E-state index in [1.165, 1.54) is 0 Å². The van der Waals surface area contributed by atoms with Crippen LogP contribution in [-0.2, 0) is 0 Å². The van der Waals surface area contributed by atoms with E-state index >= 15 is 0 Å². The minimum Gasteiger partial charge on any atom is -0.367 e. The fourth-order valence-electron chi connectivity index (χ4n) is 2.74. The zero-order valence-corrected chi connectivity index (χ0v) is 13.0. The molecule has 0 unspecified atom stereocenters. The minimum atomic E-state index is -0.460. The first-order valence-corrected chi connectivity index (χ1v) is 7.58. The van der Waals surface area contributed by atoms with Gasteiger partial charge in [-0.2, -0.15) is 5.26 Å². The van der Waals surface area contributed by atoms with Gasteiger partial charge in [0, 0.05) is 30.3 Å². The van der Waals surface area contributed by atoms with Gasteiger partial charge in [0.05, 0.1) is 6.07 Å². The summed E-state index contributed by atoms with van der Waals surface area (Å²) in [5.74, 6) is 0.672. The molecule has 1 heterocycles. The number of hydrogen-bond donors (Lipinski definition) is 1. The van der Waals surface area contributed by atoms with Gasteiger partial charge in [-0.05, 0) is 37.0 Å². The highest BCUT2D eigenvalue weighted by Crippen LogP contribution is 2.28. The summed E-state index contributed by atoms with van der Waals surface area (Å²) >= 11 is 6.00. The van der Waals surface area contributed by atoms with Gasteiger partial charge in [0.25, 0.3) is 0 Å². The number of piperidine rings is 1. The van der Waals surface area contributed by atoms with Crippen LogP contribution in [0.4, 0.5) is 5.69 Å². The summed E-state index contributed by atoms with van der Waals surface area (Å²) in [4.78, 5) is 2.44. The van der Waals surface area contributed by atoms with Gasteiger partial charge in [0.2, 0.25) is 0 Å². The van der Waals surface area contributed by atoms with E-state index in [1.54, 1.807) is 0 Å². The standard InChI is InChI=1S/C16H22ClN3/c1-13(2)11-20-8-6-16(12-18,7-9-20)19-15-5-3-4-14(17)10-15/h3-5,10,13,19H,6-9,11H2,1-2H3. The molecule has 108 valence electrons. The second-order valence-corrected chi connectivity index (χ2v) is 6.46. The van der Waals surface area contributed by atoms with Crippen molar-refractivity contribution in [1.29, 1.82) is 5.26 Å². The Morgan fingerprint density at radius 1 is 1.40 bits per heavy atom. The van der Waals surface area contributed by atoms with Gasteiger partial charge < -0.3 is 10.2 Å². The molecule has 0 spiro atoms. The number of halogens is 1. The average Bonchev–Trinajstić information content (AvgIpc) is 2.41. The van der Waals surface area contributed by atoms with Gasteiger partial charge in [-0.15, -0.1) is 0 Å². The zero-order valence-electron chi connectivity index (χ0n) is 12.2. The largest absolute Gasteiger partial charge is 0.367 e. The smallest absolute Gasteiger partial charge is 0.127 e. The Morgan fingerprint density at radius 2 is 2.10 bits per heavy atom. The second-order valence-electron chi connectivity index (χ2n) is 6.02. The van der Waals surface area contributed by atoms with Crippen molar-refractivity contribution in [3.8, 4) is 6.07 Å². The predicted molar refractivity (Wildman–Crippen MR) is 83.9 cm³/mol. The van der Waals surface area contributed by atoms with E-state index in [1.807, 2.05) is 24.3 Å².